The lowest BCUT2D eigenvalue weighted by molar-refractivity contribution is -0.125. The third-order valence-electron chi connectivity index (χ3n) is 2.54. The number of ether oxygens (including phenoxy) is 1. The molecule has 2 unspecified atom stereocenters. The van der Waals surface area contributed by atoms with E-state index in [-0.39, 0.29) is 6.54 Å². The molecule has 1 heterocycles. The number of anilines is 1. The van der Waals surface area contributed by atoms with Crippen LogP contribution in [0.25, 0.3) is 0 Å². The van der Waals surface area contributed by atoms with Gasteiger partial charge in [0.15, 0.2) is 6.10 Å². The van der Waals surface area contributed by atoms with Gasteiger partial charge in [0.1, 0.15) is 5.75 Å². The minimum absolute atomic E-state index is 0.154. The molecule has 2 amide bonds. The van der Waals surface area contributed by atoms with Crippen LogP contribution in [0.4, 0.5) is 10.1 Å². The molecule has 0 aliphatic carbocycles. The van der Waals surface area contributed by atoms with Gasteiger partial charge in [-0.1, -0.05) is 23.7 Å². The van der Waals surface area contributed by atoms with Crippen LogP contribution in [0.15, 0.2) is 24.3 Å². The predicted octanol–water partition coefficient (Wildman–Crippen LogP) is 0.800. The number of amides is 2. The Morgan fingerprint density at radius 2 is 2.17 bits per heavy atom. The summed E-state index contributed by atoms with van der Waals surface area (Å²) < 4.78 is 18.2. The first kappa shape index (κ1) is 12.6. The minimum Gasteiger partial charge on any atom is -0.477 e. The fraction of sp³-hybridized carbons (Fsp3) is 0.273. The Bertz CT molecular complexity index is 495. The summed E-state index contributed by atoms with van der Waals surface area (Å²) in [5.41, 5.74) is 3.32. The molecular formula is C11H10ClFN2O3. The molecule has 0 spiro atoms. The molecule has 1 aromatic carbocycles. The van der Waals surface area contributed by atoms with Gasteiger partial charge in [-0.2, -0.15) is 0 Å². The van der Waals surface area contributed by atoms with Gasteiger partial charge in [0.2, 0.25) is 0 Å². The Balaban J connectivity index is 2.39. The van der Waals surface area contributed by atoms with Gasteiger partial charge in [0.25, 0.3) is 17.4 Å². The van der Waals surface area contributed by atoms with Gasteiger partial charge in [0, 0.05) is 0 Å². The lowest BCUT2D eigenvalue weighted by atomic mass is 10.2. The fourth-order valence-electron chi connectivity index (χ4n) is 1.71. The summed E-state index contributed by atoms with van der Waals surface area (Å²) in [5, 5.41) is 0. The molecule has 7 heteroatoms. The van der Waals surface area contributed by atoms with E-state index in [2.05, 4.69) is 0 Å². The number of nitrogens with two attached hydrogens (primary N) is 1. The highest BCUT2D eigenvalue weighted by molar-refractivity contribution is 6.31. The SMILES string of the molecule is NC(=O)C1CN(C(=O)C(F)Cl)c2ccccc2O1. The quantitative estimate of drug-likeness (QED) is 0.810. The lowest BCUT2D eigenvalue weighted by Crippen LogP contribution is -2.50. The summed E-state index contributed by atoms with van der Waals surface area (Å²) in [6.07, 6.45) is -1.01. The number of hydrogen-bond acceptors (Lipinski definition) is 3. The van der Waals surface area contributed by atoms with E-state index < -0.39 is 23.5 Å². The highest BCUT2D eigenvalue weighted by Crippen LogP contribution is 2.33. The molecule has 5 nitrogen and oxygen atoms in total. The third kappa shape index (κ3) is 2.24. The Kier molecular flexibility index (Phi) is 3.38. The number of benzene rings is 1. The highest BCUT2D eigenvalue weighted by Gasteiger charge is 2.34. The smallest absolute Gasteiger partial charge is 0.277 e. The average Bonchev–Trinajstić information content (AvgIpc) is 2.36. The van der Waals surface area contributed by atoms with E-state index in [0.29, 0.717) is 11.4 Å². The second kappa shape index (κ2) is 4.81. The van der Waals surface area contributed by atoms with Crippen LogP contribution in [0.3, 0.4) is 0 Å². The van der Waals surface area contributed by atoms with Gasteiger partial charge < -0.3 is 15.4 Å². The van der Waals surface area contributed by atoms with Crippen molar-refractivity contribution in [2.45, 2.75) is 11.7 Å². The van der Waals surface area contributed by atoms with Crippen molar-refractivity contribution in [2.24, 2.45) is 5.73 Å². The molecular weight excluding hydrogens is 263 g/mol. The summed E-state index contributed by atoms with van der Waals surface area (Å²) in [6, 6.07) is 6.46. The first-order valence-corrected chi connectivity index (χ1v) is 5.59. The normalized spacial score (nSPS) is 19.7. The van der Waals surface area contributed by atoms with E-state index in [4.69, 9.17) is 22.1 Å². The van der Waals surface area contributed by atoms with Gasteiger partial charge >= 0.3 is 0 Å². The Hall–Kier alpha value is -1.82. The molecule has 0 fully saturated rings. The Morgan fingerprint density at radius 1 is 1.50 bits per heavy atom. The number of carbonyl (C=O) groups is 2. The van der Waals surface area contributed by atoms with Crippen molar-refractivity contribution in [2.75, 3.05) is 11.4 Å². The van der Waals surface area contributed by atoms with Crippen LogP contribution in [0.2, 0.25) is 0 Å². The predicted molar refractivity (Wildman–Crippen MR) is 63.2 cm³/mol. The largest absolute Gasteiger partial charge is 0.477 e. The second-order valence-corrected chi connectivity index (χ2v) is 4.11. The zero-order valence-electron chi connectivity index (χ0n) is 9.18. The van der Waals surface area contributed by atoms with Crippen molar-refractivity contribution < 1.29 is 18.7 Å². The first-order chi connectivity index (χ1) is 8.50. The standard InChI is InChI=1S/C11H10ClFN2O3/c12-9(13)11(17)15-5-8(10(14)16)18-7-4-2-1-3-6(7)15/h1-4,8-9H,5H2,(H2,14,16). The molecule has 1 aliphatic rings. The van der Waals surface area contributed by atoms with Crippen molar-refractivity contribution in [1.82, 2.24) is 0 Å². The summed E-state index contributed by atoms with van der Waals surface area (Å²) >= 11 is 5.14. The topological polar surface area (TPSA) is 72.6 Å². The number of carbonyl (C=O) groups excluding carboxylic acids is 2. The number of para-hydroxylation sites is 2. The highest BCUT2D eigenvalue weighted by atomic mass is 35.5. The zero-order valence-corrected chi connectivity index (χ0v) is 9.93. The summed E-state index contributed by atoms with van der Waals surface area (Å²) in [6.45, 7) is -0.154. The maximum Gasteiger partial charge on any atom is 0.277 e. The van der Waals surface area contributed by atoms with Crippen molar-refractivity contribution in [1.29, 1.82) is 0 Å². The number of halogens is 2. The van der Waals surface area contributed by atoms with Crippen molar-refractivity contribution in [3.05, 3.63) is 24.3 Å². The number of nitrogens with zero attached hydrogens (tertiary/aromatic N) is 1. The Morgan fingerprint density at radius 3 is 2.78 bits per heavy atom. The molecule has 2 N–H and O–H groups in total. The molecule has 1 aliphatic heterocycles. The van der Waals surface area contributed by atoms with Gasteiger partial charge in [-0.25, -0.2) is 4.39 Å². The van der Waals surface area contributed by atoms with Crippen LogP contribution in [0.1, 0.15) is 0 Å². The Labute approximate surface area is 107 Å². The van der Waals surface area contributed by atoms with Gasteiger partial charge in [-0.15, -0.1) is 0 Å². The van der Waals surface area contributed by atoms with Crippen LogP contribution in [0, 0.1) is 0 Å². The first-order valence-electron chi connectivity index (χ1n) is 5.15. The maximum atomic E-state index is 12.9. The van der Waals surface area contributed by atoms with Crippen LogP contribution < -0.4 is 15.4 Å². The van der Waals surface area contributed by atoms with E-state index in [1.54, 1.807) is 24.3 Å². The molecule has 0 saturated heterocycles. The summed E-state index contributed by atoms with van der Waals surface area (Å²) in [7, 11) is 0. The van der Waals surface area contributed by atoms with Crippen LogP contribution >= 0.6 is 11.6 Å². The summed E-state index contributed by atoms with van der Waals surface area (Å²) in [4.78, 5) is 23.8. The zero-order chi connectivity index (χ0) is 13.3. The molecule has 1 aromatic rings. The van der Waals surface area contributed by atoms with E-state index in [1.807, 2.05) is 0 Å². The maximum absolute atomic E-state index is 12.9. The average molecular weight is 273 g/mol. The molecule has 2 atom stereocenters. The number of primary amides is 1. The van der Waals surface area contributed by atoms with Gasteiger partial charge in [-0.3, -0.25) is 9.59 Å². The monoisotopic (exact) mass is 272 g/mol. The lowest BCUT2D eigenvalue weighted by Gasteiger charge is -2.33. The molecule has 0 bridgehead atoms. The number of rotatable bonds is 2. The van der Waals surface area contributed by atoms with Crippen molar-refractivity contribution >= 4 is 29.1 Å². The van der Waals surface area contributed by atoms with Crippen molar-refractivity contribution in [3.8, 4) is 5.75 Å². The van der Waals surface area contributed by atoms with Gasteiger partial charge in [-0.05, 0) is 12.1 Å². The summed E-state index contributed by atoms with van der Waals surface area (Å²) in [5.74, 6) is -1.39. The van der Waals surface area contributed by atoms with Crippen LogP contribution in [-0.2, 0) is 9.59 Å². The van der Waals surface area contributed by atoms with Gasteiger partial charge in [0.05, 0.1) is 12.2 Å². The number of hydrogen-bond donors (Lipinski definition) is 1. The van der Waals surface area contributed by atoms with E-state index in [0.717, 1.165) is 4.90 Å². The molecule has 96 valence electrons. The van der Waals surface area contributed by atoms with E-state index in [9.17, 15) is 14.0 Å². The second-order valence-electron chi connectivity index (χ2n) is 3.73. The molecule has 0 radical (unpaired) electrons. The molecule has 0 saturated carbocycles. The van der Waals surface area contributed by atoms with E-state index >= 15 is 0 Å². The van der Waals surface area contributed by atoms with Crippen molar-refractivity contribution in [3.63, 3.8) is 0 Å². The number of alkyl halides is 2. The number of fused-ring (bicyclic) bond motifs is 1. The van der Waals surface area contributed by atoms with Crippen LogP contribution in [-0.4, -0.2) is 30.1 Å². The molecule has 2 rings (SSSR count). The fourth-order valence-corrected chi connectivity index (χ4v) is 1.83. The van der Waals surface area contributed by atoms with Crippen LogP contribution in [0.5, 0.6) is 5.75 Å². The molecule has 18 heavy (non-hydrogen) atoms. The third-order valence-corrected chi connectivity index (χ3v) is 2.73. The van der Waals surface area contributed by atoms with E-state index in [1.165, 1.54) is 0 Å². The molecule has 0 aromatic heterocycles. The minimum atomic E-state index is -2.18.